The van der Waals surface area contributed by atoms with Gasteiger partial charge in [0.1, 0.15) is 0 Å². The number of rotatable bonds is 6. The van der Waals surface area contributed by atoms with E-state index in [1.165, 1.54) is 29.8 Å². The van der Waals surface area contributed by atoms with Crippen LogP contribution in [0.5, 0.6) is 0 Å². The lowest BCUT2D eigenvalue weighted by Gasteiger charge is -2.14. The van der Waals surface area contributed by atoms with Crippen LogP contribution in [0.15, 0.2) is 53.4 Å². The van der Waals surface area contributed by atoms with Crippen LogP contribution in [0.2, 0.25) is 0 Å². The van der Waals surface area contributed by atoms with Gasteiger partial charge < -0.3 is 5.73 Å². The Labute approximate surface area is 149 Å². The van der Waals surface area contributed by atoms with Crippen LogP contribution < -0.4 is 10.5 Å². The Balaban J connectivity index is 2.10. The van der Waals surface area contributed by atoms with Gasteiger partial charge in [-0.05, 0) is 54.7 Å². The van der Waals surface area contributed by atoms with Crippen LogP contribution in [0.3, 0.4) is 0 Å². The second-order valence-electron chi connectivity index (χ2n) is 6.60. The fourth-order valence-electron chi connectivity index (χ4n) is 2.49. The lowest BCUT2D eigenvalue weighted by atomic mass is 9.96. The van der Waals surface area contributed by atoms with Crippen molar-refractivity contribution < 1.29 is 13.2 Å². The van der Waals surface area contributed by atoms with Crippen LogP contribution in [-0.4, -0.2) is 14.3 Å². The second kappa shape index (κ2) is 7.70. The summed E-state index contributed by atoms with van der Waals surface area (Å²) in [5, 5.41) is 0. The summed E-state index contributed by atoms with van der Waals surface area (Å²) in [4.78, 5) is 12.4. The van der Waals surface area contributed by atoms with Crippen LogP contribution >= 0.6 is 0 Å². The lowest BCUT2D eigenvalue weighted by molar-refractivity contribution is -0.120. The molecule has 2 aromatic rings. The number of nitrogen functional groups attached to an aromatic ring is 1. The van der Waals surface area contributed by atoms with Gasteiger partial charge in [0, 0.05) is 5.69 Å². The first kappa shape index (κ1) is 19.0. The molecule has 0 fully saturated rings. The number of hydrogen-bond acceptors (Lipinski definition) is 4. The van der Waals surface area contributed by atoms with Gasteiger partial charge in [-0.1, -0.05) is 38.1 Å². The van der Waals surface area contributed by atoms with Gasteiger partial charge in [-0.25, -0.2) is 13.1 Å². The highest BCUT2D eigenvalue weighted by Crippen LogP contribution is 2.19. The predicted octanol–water partition coefficient (Wildman–Crippen LogP) is 3.08. The minimum atomic E-state index is -3.91. The molecule has 0 heterocycles. The Kier molecular flexibility index (Phi) is 5.85. The average Bonchev–Trinajstić information content (AvgIpc) is 2.54. The van der Waals surface area contributed by atoms with E-state index in [0.29, 0.717) is 11.6 Å². The largest absolute Gasteiger partial charge is 0.399 e. The van der Waals surface area contributed by atoms with Crippen molar-refractivity contribution >= 4 is 21.6 Å². The first-order valence-corrected chi connectivity index (χ1v) is 9.68. The minimum Gasteiger partial charge on any atom is -0.399 e. The Morgan fingerprint density at radius 2 is 1.56 bits per heavy atom. The summed E-state index contributed by atoms with van der Waals surface area (Å²) in [7, 11) is -3.91. The molecule has 25 heavy (non-hydrogen) atoms. The summed E-state index contributed by atoms with van der Waals surface area (Å²) in [6.45, 7) is 5.98. The first-order valence-electron chi connectivity index (χ1n) is 8.20. The number of nitrogens with one attached hydrogen (secondary N) is 1. The topological polar surface area (TPSA) is 89.3 Å². The predicted molar refractivity (Wildman–Crippen MR) is 99.6 cm³/mol. The van der Waals surface area contributed by atoms with E-state index < -0.39 is 21.8 Å². The molecule has 0 radical (unpaired) electrons. The van der Waals surface area contributed by atoms with Gasteiger partial charge in [-0.3, -0.25) is 4.79 Å². The van der Waals surface area contributed by atoms with Gasteiger partial charge in [-0.15, -0.1) is 0 Å². The number of sulfonamides is 1. The van der Waals surface area contributed by atoms with Gasteiger partial charge in [0.2, 0.25) is 5.91 Å². The molecule has 0 aliphatic heterocycles. The summed E-state index contributed by atoms with van der Waals surface area (Å²) in [6, 6.07) is 13.4. The van der Waals surface area contributed by atoms with Crippen molar-refractivity contribution in [2.45, 2.75) is 38.0 Å². The molecule has 6 heteroatoms. The van der Waals surface area contributed by atoms with E-state index in [1.54, 1.807) is 6.92 Å². The van der Waals surface area contributed by atoms with Crippen molar-refractivity contribution in [3.8, 4) is 0 Å². The summed E-state index contributed by atoms with van der Waals surface area (Å²) in [5.74, 6) is -0.582. The first-order chi connectivity index (χ1) is 11.7. The maximum Gasteiger partial charge on any atom is 0.264 e. The maximum absolute atomic E-state index is 12.3. The summed E-state index contributed by atoms with van der Waals surface area (Å²) in [5.41, 5.74) is 7.98. The van der Waals surface area contributed by atoms with Crippen molar-refractivity contribution in [1.29, 1.82) is 0 Å². The van der Waals surface area contributed by atoms with Gasteiger partial charge in [0.15, 0.2) is 0 Å². The normalized spacial score (nSPS) is 12.8. The van der Waals surface area contributed by atoms with E-state index in [9.17, 15) is 13.2 Å². The average molecular weight is 360 g/mol. The van der Waals surface area contributed by atoms with Crippen molar-refractivity contribution in [2.24, 2.45) is 5.92 Å². The monoisotopic (exact) mass is 360 g/mol. The Hall–Kier alpha value is -2.34. The molecule has 0 saturated carbocycles. The van der Waals surface area contributed by atoms with Gasteiger partial charge >= 0.3 is 0 Å². The lowest BCUT2D eigenvalue weighted by Crippen LogP contribution is -2.33. The zero-order valence-electron chi connectivity index (χ0n) is 14.7. The quantitative estimate of drug-likeness (QED) is 0.775. The zero-order valence-corrected chi connectivity index (χ0v) is 15.5. The number of carbonyl (C=O) groups excluding carboxylic acids is 1. The van der Waals surface area contributed by atoms with Gasteiger partial charge in [0.25, 0.3) is 10.0 Å². The molecule has 0 saturated heterocycles. The van der Waals surface area contributed by atoms with E-state index in [2.05, 4.69) is 18.6 Å². The Morgan fingerprint density at radius 3 is 2.08 bits per heavy atom. The van der Waals surface area contributed by atoms with Gasteiger partial charge in [-0.2, -0.15) is 0 Å². The molecule has 1 amide bonds. The van der Waals surface area contributed by atoms with E-state index in [0.717, 1.165) is 12.0 Å². The number of carbonyl (C=O) groups is 1. The molecule has 0 aliphatic rings. The SMILES string of the molecule is CC(C)Cc1ccc(C(C)C(=O)NS(=O)(=O)c2ccc(N)cc2)cc1. The fourth-order valence-corrected chi connectivity index (χ4v) is 3.55. The highest BCUT2D eigenvalue weighted by Gasteiger charge is 2.22. The van der Waals surface area contributed by atoms with E-state index >= 15 is 0 Å². The Bertz CT molecular complexity index is 826. The molecule has 2 aromatic carbocycles. The molecular weight excluding hydrogens is 336 g/mol. The maximum atomic E-state index is 12.3. The highest BCUT2D eigenvalue weighted by molar-refractivity contribution is 7.90. The molecule has 0 bridgehead atoms. The third-order valence-electron chi connectivity index (χ3n) is 3.94. The molecule has 1 unspecified atom stereocenters. The number of nitrogens with two attached hydrogens (primary N) is 1. The summed E-state index contributed by atoms with van der Waals surface area (Å²) >= 11 is 0. The zero-order chi connectivity index (χ0) is 18.6. The van der Waals surface area contributed by atoms with Crippen molar-refractivity contribution in [3.63, 3.8) is 0 Å². The molecular formula is C19H24N2O3S. The number of hydrogen-bond donors (Lipinski definition) is 2. The molecule has 0 spiro atoms. The summed E-state index contributed by atoms with van der Waals surface area (Å²) < 4.78 is 26.7. The standard InChI is InChI=1S/C19H24N2O3S/c1-13(2)12-15-4-6-16(7-5-15)14(3)19(22)21-25(23,24)18-10-8-17(20)9-11-18/h4-11,13-14H,12,20H2,1-3H3,(H,21,22). The summed E-state index contributed by atoms with van der Waals surface area (Å²) in [6.07, 6.45) is 0.965. The van der Waals surface area contributed by atoms with Crippen molar-refractivity contribution in [3.05, 3.63) is 59.7 Å². The van der Waals surface area contributed by atoms with Crippen LogP contribution in [-0.2, 0) is 21.2 Å². The minimum absolute atomic E-state index is 0.00883. The van der Waals surface area contributed by atoms with E-state index in [-0.39, 0.29) is 4.90 Å². The molecule has 2 rings (SSSR count). The third-order valence-corrected chi connectivity index (χ3v) is 5.30. The van der Waals surface area contributed by atoms with Crippen LogP contribution in [0.4, 0.5) is 5.69 Å². The fraction of sp³-hybridized carbons (Fsp3) is 0.316. The number of benzene rings is 2. The third kappa shape index (κ3) is 5.06. The molecule has 3 N–H and O–H groups in total. The molecule has 134 valence electrons. The van der Waals surface area contributed by atoms with E-state index in [4.69, 9.17) is 5.73 Å². The number of anilines is 1. The van der Waals surface area contributed by atoms with Crippen LogP contribution in [0.1, 0.15) is 37.8 Å². The van der Waals surface area contributed by atoms with Crippen LogP contribution in [0.25, 0.3) is 0 Å². The molecule has 5 nitrogen and oxygen atoms in total. The molecule has 0 aromatic heterocycles. The van der Waals surface area contributed by atoms with Crippen LogP contribution in [0, 0.1) is 5.92 Å². The molecule has 1 atom stereocenters. The second-order valence-corrected chi connectivity index (χ2v) is 8.28. The van der Waals surface area contributed by atoms with E-state index in [1.807, 2.05) is 24.3 Å². The van der Waals surface area contributed by atoms with Gasteiger partial charge in [0.05, 0.1) is 10.8 Å². The van der Waals surface area contributed by atoms with Crippen molar-refractivity contribution in [2.75, 3.05) is 5.73 Å². The number of amides is 1. The van der Waals surface area contributed by atoms with Crippen molar-refractivity contribution in [1.82, 2.24) is 4.72 Å². The Morgan fingerprint density at radius 1 is 1.00 bits per heavy atom. The molecule has 0 aliphatic carbocycles. The highest BCUT2D eigenvalue weighted by atomic mass is 32.2. The smallest absolute Gasteiger partial charge is 0.264 e.